The summed E-state index contributed by atoms with van der Waals surface area (Å²) in [5, 5.41) is 8.86. The van der Waals surface area contributed by atoms with Crippen molar-refractivity contribution in [1.82, 2.24) is 4.90 Å². The molecule has 0 aromatic rings. The molecule has 1 fully saturated rings. The summed E-state index contributed by atoms with van der Waals surface area (Å²) >= 11 is 0. The summed E-state index contributed by atoms with van der Waals surface area (Å²) in [5.74, 6) is 0.798. The quantitative estimate of drug-likeness (QED) is 0.777. The van der Waals surface area contributed by atoms with Gasteiger partial charge in [-0.25, -0.2) is 0 Å². The molecule has 1 aliphatic rings. The van der Waals surface area contributed by atoms with Gasteiger partial charge in [0.25, 0.3) is 0 Å². The molecule has 0 aromatic heterocycles. The lowest BCUT2D eigenvalue weighted by Gasteiger charge is -2.28. The Morgan fingerprint density at radius 2 is 2.18 bits per heavy atom. The first-order valence-electron chi connectivity index (χ1n) is 6.90. The van der Waals surface area contributed by atoms with Crippen LogP contribution in [0.2, 0.25) is 0 Å². The molecule has 1 saturated carbocycles. The Bertz CT molecular complexity index is 242. The maximum absolute atomic E-state index is 10.8. The number of hydrogen-bond acceptors (Lipinski definition) is 2. The highest BCUT2D eigenvalue weighted by molar-refractivity contribution is 5.69. The summed E-state index contributed by atoms with van der Waals surface area (Å²) in [7, 11) is 2.03. The Morgan fingerprint density at radius 3 is 2.76 bits per heavy atom. The highest BCUT2D eigenvalue weighted by Gasteiger charge is 2.20. The van der Waals surface area contributed by atoms with Crippen molar-refractivity contribution in [3.8, 4) is 0 Å². The Kier molecular flexibility index (Phi) is 5.96. The monoisotopic (exact) mass is 241 g/mol. The fraction of sp³-hybridized carbons (Fsp3) is 0.929. The summed E-state index contributed by atoms with van der Waals surface area (Å²) in [5.41, 5.74) is 0. The molecule has 0 heterocycles. The average Bonchev–Trinajstić information content (AvgIpc) is 2.26. The zero-order valence-electron chi connectivity index (χ0n) is 11.5. The molecule has 1 rings (SSSR count). The predicted molar refractivity (Wildman–Crippen MR) is 70.0 cm³/mol. The van der Waals surface area contributed by atoms with Gasteiger partial charge in [-0.2, -0.15) is 0 Å². The topological polar surface area (TPSA) is 40.5 Å². The summed E-state index contributed by atoms with van der Waals surface area (Å²) in [4.78, 5) is 12.9. The lowest BCUT2D eigenvalue weighted by atomic mass is 9.81. The minimum absolute atomic E-state index is 0.259. The number of hydrogen-bond donors (Lipinski definition) is 1. The number of aliphatic carboxylic acids is 1. The highest BCUT2D eigenvalue weighted by Crippen LogP contribution is 2.30. The summed E-state index contributed by atoms with van der Waals surface area (Å²) in [6, 6.07) is 0. The van der Waals surface area contributed by atoms with E-state index in [0.29, 0.717) is 6.54 Å². The number of nitrogens with zero attached hydrogens (tertiary/aromatic N) is 1. The molecule has 0 saturated heterocycles. The van der Waals surface area contributed by atoms with Gasteiger partial charge < -0.3 is 10.0 Å². The van der Waals surface area contributed by atoms with Crippen LogP contribution in [0.25, 0.3) is 0 Å². The van der Waals surface area contributed by atoms with Crippen molar-refractivity contribution in [3.63, 3.8) is 0 Å². The van der Waals surface area contributed by atoms with E-state index in [0.717, 1.165) is 18.4 Å². The van der Waals surface area contributed by atoms with Crippen LogP contribution in [0.5, 0.6) is 0 Å². The van der Waals surface area contributed by atoms with Gasteiger partial charge in [0.15, 0.2) is 0 Å². The smallest absolute Gasteiger partial charge is 0.307 e. The molecule has 0 spiro atoms. The van der Waals surface area contributed by atoms with Crippen molar-refractivity contribution in [2.45, 2.75) is 46.0 Å². The Morgan fingerprint density at radius 1 is 1.47 bits per heavy atom. The van der Waals surface area contributed by atoms with Crippen LogP contribution in [0.3, 0.4) is 0 Å². The minimum atomic E-state index is -0.692. The fourth-order valence-electron chi connectivity index (χ4n) is 2.86. The molecule has 0 aliphatic heterocycles. The molecule has 3 unspecified atom stereocenters. The normalized spacial score (nSPS) is 27.1. The van der Waals surface area contributed by atoms with Crippen LogP contribution in [0.4, 0.5) is 0 Å². The van der Waals surface area contributed by atoms with E-state index in [1.54, 1.807) is 6.92 Å². The number of carbonyl (C=O) groups is 1. The molecule has 0 radical (unpaired) electrons. The molecule has 0 bridgehead atoms. The second kappa shape index (κ2) is 7.00. The highest BCUT2D eigenvalue weighted by atomic mass is 16.4. The van der Waals surface area contributed by atoms with E-state index in [-0.39, 0.29) is 5.92 Å². The van der Waals surface area contributed by atoms with E-state index in [4.69, 9.17) is 5.11 Å². The van der Waals surface area contributed by atoms with Crippen LogP contribution in [0.15, 0.2) is 0 Å². The molecule has 3 atom stereocenters. The molecular weight excluding hydrogens is 214 g/mol. The van der Waals surface area contributed by atoms with E-state index in [1.807, 2.05) is 7.05 Å². The van der Waals surface area contributed by atoms with Crippen molar-refractivity contribution in [1.29, 1.82) is 0 Å². The minimum Gasteiger partial charge on any atom is -0.481 e. The predicted octanol–water partition coefficient (Wildman–Crippen LogP) is 2.86. The van der Waals surface area contributed by atoms with Gasteiger partial charge in [0.05, 0.1) is 5.92 Å². The van der Waals surface area contributed by atoms with Crippen LogP contribution in [-0.4, -0.2) is 36.1 Å². The Balaban J connectivity index is 2.18. The molecule has 100 valence electrons. The van der Waals surface area contributed by atoms with Gasteiger partial charge in [-0.15, -0.1) is 0 Å². The molecular formula is C14H27NO2. The van der Waals surface area contributed by atoms with E-state index >= 15 is 0 Å². The zero-order valence-corrected chi connectivity index (χ0v) is 11.5. The Hall–Kier alpha value is -0.570. The zero-order chi connectivity index (χ0) is 12.8. The third-order valence-corrected chi connectivity index (χ3v) is 3.97. The van der Waals surface area contributed by atoms with Crippen molar-refractivity contribution < 1.29 is 9.90 Å². The lowest BCUT2D eigenvalue weighted by Crippen LogP contribution is -2.30. The van der Waals surface area contributed by atoms with Crippen LogP contribution in [0, 0.1) is 17.8 Å². The second-order valence-corrected chi connectivity index (χ2v) is 5.93. The van der Waals surface area contributed by atoms with Crippen molar-refractivity contribution in [2.75, 3.05) is 20.1 Å². The van der Waals surface area contributed by atoms with Gasteiger partial charge >= 0.3 is 5.97 Å². The standard InChI is InChI=1S/C14H27NO2/c1-11-5-4-6-13(9-11)7-8-15(3)10-12(2)14(16)17/h11-13H,4-10H2,1-3H3,(H,16,17). The van der Waals surface area contributed by atoms with Crippen LogP contribution in [0.1, 0.15) is 46.0 Å². The largest absolute Gasteiger partial charge is 0.481 e. The first-order valence-corrected chi connectivity index (χ1v) is 6.90. The Labute approximate surface area is 105 Å². The van der Waals surface area contributed by atoms with Gasteiger partial charge in [0, 0.05) is 6.54 Å². The molecule has 3 heteroatoms. The molecule has 0 amide bonds. The first-order chi connectivity index (χ1) is 7.99. The van der Waals surface area contributed by atoms with Crippen molar-refractivity contribution in [3.05, 3.63) is 0 Å². The van der Waals surface area contributed by atoms with Gasteiger partial charge in [-0.3, -0.25) is 4.79 Å². The van der Waals surface area contributed by atoms with Gasteiger partial charge in [0.1, 0.15) is 0 Å². The summed E-state index contributed by atoms with van der Waals surface area (Å²) < 4.78 is 0. The molecule has 3 nitrogen and oxygen atoms in total. The lowest BCUT2D eigenvalue weighted by molar-refractivity contribution is -0.141. The first kappa shape index (κ1) is 14.5. The summed E-state index contributed by atoms with van der Waals surface area (Å²) in [6.07, 6.45) is 6.73. The van der Waals surface area contributed by atoms with E-state index in [2.05, 4.69) is 11.8 Å². The third-order valence-electron chi connectivity index (χ3n) is 3.97. The molecule has 1 aliphatic carbocycles. The van der Waals surface area contributed by atoms with Crippen LogP contribution >= 0.6 is 0 Å². The maximum atomic E-state index is 10.8. The SMILES string of the molecule is CC1CCCC(CCN(C)CC(C)C(=O)O)C1. The van der Waals surface area contributed by atoms with Crippen LogP contribution in [-0.2, 0) is 4.79 Å². The average molecular weight is 241 g/mol. The van der Waals surface area contributed by atoms with Gasteiger partial charge in [-0.05, 0) is 38.3 Å². The molecule has 17 heavy (non-hydrogen) atoms. The molecule has 1 N–H and O–H groups in total. The van der Waals surface area contributed by atoms with Gasteiger partial charge in [-0.1, -0.05) is 33.1 Å². The fourth-order valence-corrected chi connectivity index (χ4v) is 2.86. The maximum Gasteiger partial charge on any atom is 0.307 e. The summed E-state index contributed by atoms with van der Waals surface area (Å²) in [6.45, 7) is 5.83. The number of carboxylic acid groups (broad SMARTS) is 1. The van der Waals surface area contributed by atoms with Crippen molar-refractivity contribution in [2.24, 2.45) is 17.8 Å². The van der Waals surface area contributed by atoms with E-state index in [1.165, 1.54) is 32.1 Å². The van der Waals surface area contributed by atoms with E-state index in [9.17, 15) is 4.79 Å². The number of rotatable bonds is 6. The van der Waals surface area contributed by atoms with Gasteiger partial charge in [0.2, 0.25) is 0 Å². The third kappa shape index (κ3) is 5.53. The van der Waals surface area contributed by atoms with Crippen molar-refractivity contribution >= 4 is 5.97 Å². The van der Waals surface area contributed by atoms with Crippen LogP contribution < -0.4 is 0 Å². The number of carboxylic acids is 1. The molecule has 0 aromatic carbocycles. The van der Waals surface area contributed by atoms with E-state index < -0.39 is 5.97 Å². The second-order valence-electron chi connectivity index (χ2n) is 5.93.